The summed E-state index contributed by atoms with van der Waals surface area (Å²) in [6, 6.07) is 11.9. The van der Waals surface area contributed by atoms with Crippen LogP contribution in [-0.4, -0.2) is 22.5 Å². The highest BCUT2D eigenvalue weighted by Gasteiger charge is 2.03. The third-order valence-corrected chi connectivity index (χ3v) is 2.87. The molecule has 0 aliphatic carbocycles. The van der Waals surface area contributed by atoms with Crippen LogP contribution in [0.2, 0.25) is 0 Å². The quantitative estimate of drug-likeness (QED) is 0.892. The summed E-state index contributed by atoms with van der Waals surface area (Å²) in [7, 11) is 0. The third-order valence-electron chi connectivity index (χ3n) is 2.87. The molecule has 19 heavy (non-hydrogen) atoms. The Labute approximate surface area is 112 Å². The van der Waals surface area contributed by atoms with E-state index in [0.29, 0.717) is 18.8 Å². The average Bonchev–Trinajstić information content (AvgIpc) is 2.40. The SMILES string of the molecule is CC(=O)CCNc1ccc(-c2ccccc2C)nn1. The first-order valence-electron chi connectivity index (χ1n) is 6.30. The highest BCUT2D eigenvalue weighted by molar-refractivity contribution is 5.76. The molecule has 0 radical (unpaired) electrons. The molecule has 2 rings (SSSR count). The maximum absolute atomic E-state index is 10.8. The summed E-state index contributed by atoms with van der Waals surface area (Å²) in [6.07, 6.45) is 0.501. The van der Waals surface area contributed by atoms with Gasteiger partial charge in [0.25, 0.3) is 0 Å². The predicted octanol–water partition coefficient (Wildman–Crippen LogP) is 2.84. The largest absolute Gasteiger partial charge is 0.368 e. The number of carbonyl (C=O) groups is 1. The molecule has 1 aromatic carbocycles. The molecule has 0 saturated heterocycles. The lowest BCUT2D eigenvalue weighted by Gasteiger charge is -2.06. The van der Waals surface area contributed by atoms with Crippen molar-refractivity contribution >= 4 is 11.6 Å². The van der Waals surface area contributed by atoms with Gasteiger partial charge in [-0.25, -0.2) is 0 Å². The summed E-state index contributed by atoms with van der Waals surface area (Å²) in [5.74, 6) is 0.857. The number of nitrogens with zero attached hydrogens (tertiary/aromatic N) is 2. The first kappa shape index (κ1) is 13.2. The molecule has 1 heterocycles. The van der Waals surface area contributed by atoms with Gasteiger partial charge < -0.3 is 5.32 Å². The number of hydrogen-bond donors (Lipinski definition) is 1. The van der Waals surface area contributed by atoms with Gasteiger partial charge in [0.2, 0.25) is 0 Å². The van der Waals surface area contributed by atoms with Gasteiger partial charge in [0.15, 0.2) is 0 Å². The molecule has 98 valence electrons. The number of ketones is 1. The lowest BCUT2D eigenvalue weighted by Crippen LogP contribution is -2.07. The van der Waals surface area contributed by atoms with Crippen molar-refractivity contribution < 1.29 is 4.79 Å². The number of Topliss-reactive ketones (excluding diaryl/α,β-unsaturated/α-hetero) is 1. The number of rotatable bonds is 5. The maximum Gasteiger partial charge on any atom is 0.148 e. The first-order valence-corrected chi connectivity index (χ1v) is 6.30. The number of aromatic nitrogens is 2. The molecule has 1 N–H and O–H groups in total. The van der Waals surface area contributed by atoms with Crippen molar-refractivity contribution in [1.82, 2.24) is 10.2 Å². The monoisotopic (exact) mass is 255 g/mol. The van der Waals surface area contributed by atoms with Crippen LogP contribution in [-0.2, 0) is 4.79 Å². The molecule has 1 aromatic heterocycles. The minimum Gasteiger partial charge on any atom is -0.368 e. The maximum atomic E-state index is 10.8. The van der Waals surface area contributed by atoms with E-state index in [0.717, 1.165) is 11.3 Å². The summed E-state index contributed by atoms with van der Waals surface area (Å²) in [6.45, 7) is 4.22. The first-order chi connectivity index (χ1) is 9.16. The smallest absolute Gasteiger partial charge is 0.148 e. The average molecular weight is 255 g/mol. The van der Waals surface area contributed by atoms with E-state index in [-0.39, 0.29) is 5.78 Å². The van der Waals surface area contributed by atoms with E-state index >= 15 is 0 Å². The molecule has 0 spiro atoms. The number of hydrogen-bond acceptors (Lipinski definition) is 4. The van der Waals surface area contributed by atoms with E-state index in [9.17, 15) is 4.79 Å². The fourth-order valence-electron chi connectivity index (χ4n) is 1.80. The van der Waals surface area contributed by atoms with E-state index < -0.39 is 0 Å². The van der Waals surface area contributed by atoms with Gasteiger partial charge in [-0.3, -0.25) is 4.79 Å². The highest BCUT2D eigenvalue weighted by atomic mass is 16.1. The van der Waals surface area contributed by atoms with Crippen LogP contribution in [0.25, 0.3) is 11.3 Å². The molecule has 0 saturated carbocycles. The molecule has 2 aromatic rings. The van der Waals surface area contributed by atoms with Crippen molar-refractivity contribution in [1.29, 1.82) is 0 Å². The highest BCUT2D eigenvalue weighted by Crippen LogP contribution is 2.20. The summed E-state index contributed by atoms with van der Waals surface area (Å²) < 4.78 is 0. The van der Waals surface area contributed by atoms with E-state index in [4.69, 9.17) is 0 Å². The topological polar surface area (TPSA) is 54.9 Å². The lowest BCUT2D eigenvalue weighted by atomic mass is 10.1. The predicted molar refractivity (Wildman–Crippen MR) is 76.0 cm³/mol. The molecule has 4 heteroatoms. The Balaban J connectivity index is 2.06. The minimum absolute atomic E-state index is 0.164. The van der Waals surface area contributed by atoms with Crippen molar-refractivity contribution in [3.63, 3.8) is 0 Å². The van der Waals surface area contributed by atoms with Crippen molar-refractivity contribution in [2.24, 2.45) is 0 Å². The van der Waals surface area contributed by atoms with Crippen molar-refractivity contribution in [2.75, 3.05) is 11.9 Å². The molecular formula is C15H17N3O. The molecule has 0 amide bonds. The summed E-state index contributed by atoms with van der Waals surface area (Å²) >= 11 is 0. The van der Waals surface area contributed by atoms with Crippen LogP contribution in [0.3, 0.4) is 0 Å². The number of benzene rings is 1. The summed E-state index contributed by atoms with van der Waals surface area (Å²) in [5, 5.41) is 11.4. The minimum atomic E-state index is 0.164. The standard InChI is InChI=1S/C15H17N3O/c1-11-5-3-4-6-13(11)14-7-8-15(18-17-14)16-10-9-12(2)19/h3-8H,9-10H2,1-2H3,(H,16,18). The zero-order chi connectivity index (χ0) is 13.7. The second-order valence-corrected chi connectivity index (χ2v) is 4.50. The molecule has 4 nitrogen and oxygen atoms in total. The number of anilines is 1. The van der Waals surface area contributed by atoms with Crippen LogP contribution in [0, 0.1) is 6.92 Å². The van der Waals surface area contributed by atoms with E-state index in [2.05, 4.69) is 28.5 Å². The molecule has 0 unspecified atom stereocenters. The van der Waals surface area contributed by atoms with Crippen molar-refractivity contribution in [3.05, 3.63) is 42.0 Å². The summed E-state index contributed by atoms with van der Waals surface area (Å²) in [5.41, 5.74) is 3.12. The Kier molecular flexibility index (Phi) is 4.23. The van der Waals surface area contributed by atoms with Gasteiger partial charge in [-0.1, -0.05) is 24.3 Å². The number of nitrogens with one attached hydrogen (secondary N) is 1. The van der Waals surface area contributed by atoms with Crippen LogP contribution in [0.5, 0.6) is 0 Å². The fraction of sp³-hybridized carbons (Fsp3) is 0.267. The van der Waals surface area contributed by atoms with Gasteiger partial charge in [0.05, 0.1) is 5.69 Å². The van der Waals surface area contributed by atoms with Gasteiger partial charge in [0.1, 0.15) is 11.6 Å². The normalized spacial score (nSPS) is 10.2. The molecule has 0 aliphatic heterocycles. The number of aryl methyl sites for hydroxylation is 1. The Morgan fingerprint density at radius 2 is 1.95 bits per heavy atom. The zero-order valence-corrected chi connectivity index (χ0v) is 11.2. The summed E-state index contributed by atoms with van der Waals surface area (Å²) in [4.78, 5) is 10.8. The van der Waals surface area contributed by atoms with Crippen molar-refractivity contribution in [2.45, 2.75) is 20.3 Å². The Hall–Kier alpha value is -2.23. The lowest BCUT2D eigenvalue weighted by molar-refractivity contribution is -0.116. The van der Waals surface area contributed by atoms with Crippen LogP contribution in [0.4, 0.5) is 5.82 Å². The van der Waals surface area contributed by atoms with Crippen LogP contribution < -0.4 is 5.32 Å². The van der Waals surface area contributed by atoms with Crippen LogP contribution in [0.15, 0.2) is 36.4 Å². The molecule has 0 aliphatic rings. The van der Waals surface area contributed by atoms with Gasteiger partial charge in [-0.05, 0) is 31.5 Å². The van der Waals surface area contributed by atoms with Gasteiger partial charge in [-0.15, -0.1) is 10.2 Å². The Morgan fingerprint density at radius 1 is 1.16 bits per heavy atom. The van der Waals surface area contributed by atoms with Crippen LogP contribution >= 0.6 is 0 Å². The Bertz CT molecular complexity index is 564. The van der Waals surface area contributed by atoms with E-state index in [1.165, 1.54) is 5.56 Å². The second-order valence-electron chi connectivity index (χ2n) is 4.50. The molecule has 0 bridgehead atoms. The molecule has 0 fully saturated rings. The molecule has 0 atom stereocenters. The zero-order valence-electron chi connectivity index (χ0n) is 11.2. The van der Waals surface area contributed by atoms with Gasteiger partial charge in [0, 0.05) is 18.5 Å². The molecular weight excluding hydrogens is 238 g/mol. The van der Waals surface area contributed by atoms with Gasteiger partial charge in [-0.2, -0.15) is 0 Å². The third kappa shape index (κ3) is 3.61. The second kappa shape index (κ2) is 6.09. The fourth-order valence-corrected chi connectivity index (χ4v) is 1.80. The van der Waals surface area contributed by atoms with Gasteiger partial charge >= 0.3 is 0 Å². The van der Waals surface area contributed by atoms with E-state index in [1.807, 2.05) is 30.3 Å². The van der Waals surface area contributed by atoms with Crippen LogP contribution in [0.1, 0.15) is 18.9 Å². The van der Waals surface area contributed by atoms with E-state index in [1.54, 1.807) is 6.92 Å². The number of carbonyl (C=O) groups excluding carboxylic acids is 1. The Morgan fingerprint density at radius 3 is 2.58 bits per heavy atom. The van der Waals surface area contributed by atoms with Crippen molar-refractivity contribution in [3.8, 4) is 11.3 Å².